The molecule has 1 unspecified atom stereocenters. The summed E-state index contributed by atoms with van der Waals surface area (Å²) in [5, 5.41) is 9.19. The van der Waals surface area contributed by atoms with E-state index in [1.54, 1.807) is 0 Å². The quantitative estimate of drug-likeness (QED) is 0.820. The highest BCUT2D eigenvalue weighted by atomic mass is 16.3. The average molecular weight is 292 g/mol. The Morgan fingerprint density at radius 1 is 1.38 bits per heavy atom. The number of ketones is 1. The number of hydrogen-bond acceptors (Lipinski definition) is 3. The van der Waals surface area contributed by atoms with E-state index in [1.807, 2.05) is 13.0 Å². The maximum atomic E-state index is 12.6. The number of nitrogens with zero attached hydrogens (tertiary/aromatic N) is 2. The molecule has 1 aliphatic heterocycles. The Morgan fingerprint density at radius 3 is 2.76 bits per heavy atom. The van der Waals surface area contributed by atoms with Crippen molar-refractivity contribution in [2.75, 3.05) is 19.7 Å². The minimum Gasteiger partial charge on any atom is -0.396 e. The van der Waals surface area contributed by atoms with Gasteiger partial charge in [-0.25, -0.2) is 0 Å². The molecule has 1 aromatic rings. The standard InChI is InChI=1S/C17H28N2O2/c1-4-19-13(2)11-16(14(19)3)17(21)12-18-9-6-5-7-15(18)8-10-20/h11,15,20H,4-10,12H2,1-3H3. The first-order valence-electron chi connectivity index (χ1n) is 8.13. The van der Waals surface area contributed by atoms with Gasteiger partial charge in [0.05, 0.1) is 6.54 Å². The third-order valence-electron chi connectivity index (χ3n) is 4.75. The number of aliphatic hydroxyl groups is 1. The zero-order chi connectivity index (χ0) is 15.4. The summed E-state index contributed by atoms with van der Waals surface area (Å²) < 4.78 is 2.19. The second-order valence-electron chi connectivity index (χ2n) is 6.08. The van der Waals surface area contributed by atoms with Crippen LogP contribution < -0.4 is 0 Å². The van der Waals surface area contributed by atoms with Gasteiger partial charge in [0.25, 0.3) is 0 Å². The number of rotatable bonds is 6. The molecule has 0 bridgehead atoms. The number of carbonyl (C=O) groups excluding carboxylic acids is 1. The smallest absolute Gasteiger partial charge is 0.178 e. The van der Waals surface area contributed by atoms with Gasteiger partial charge in [0.2, 0.25) is 0 Å². The monoisotopic (exact) mass is 292 g/mol. The van der Waals surface area contributed by atoms with Gasteiger partial charge in [0.15, 0.2) is 5.78 Å². The predicted octanol–water partition coefficient (Wildman–Crippen LogP) is 2.54. The summed E-state index contributed by atoms with van der Waals surface area (Å²) in [5.74, 6) is 0.215. The lowest BCUT2D eigenvalue weighted by Crippen LogP contribution is -2.43. The van der Waals surface area contributed by atoms with E-state index in [0.717, 1.165) is 49.3 Å². The average Bonchev–Trinajstić information content (AvgIpc) is 2.76. The van der Waals surface area contributed by atoms with E-state index in [2.05, 4.69) is 23.3 Å². The van der Waals surface area contributed by atoms with Gasteiger partial charge in [-0.2, -0.15) is 0 Å². The van der Waals surface area contributed by atoms with Crippen molar-refractivity contribution < 1.29 is 9.90 Å². The molecule has 1 fully saturated rings. The number of aryl methyl sites for hydroxylation is 1. The number of carbonyl (C=O) groups is 1. The zero-order valence-corrected chi connectivity index (χ0v) is 13.6. The molecule has 2 heterocycles. The Kier molecular flexibility index (Phi) is 5.59. The number of aliphatic hydroxyl groups excluding tert-OH is 1. The molecule has 21 heavy (non-hydrogen) atoms. The molecule has 0 aliphatic carbocycles. The van der Waals surface area contributed by atoms with Gasteiger partial charge in [-0.05, 0) is 52.6 Å². The molecule has 0 radical (unpaired) electrons. The number of piperidine rings is 1. The van der Waals surface area contributed by atoms with Crippen LogP contribution in [-0.2, 0) is 6.54 Å². The van der Waals surface area contributed by atoms with Crippen LogP contribution in [0.5, 0.6) is 0 Å². The summed E-state index contributed by atoms with van der Waals surface area (Å²) in [6.45, 7) is 8.77. The molecule has 4 nitrogen and oxygen atoms in total. The van der Waals surface area contributed by atoms with Gasteiger partial charge in [-0.15, -0.1) is 0 Å². The third kappa shape index (κ3) is 3.55. The second-order valence-corrected chi connectivity index (χ2v) is 6.08. The minimum atomic E-state index is 0.208. The van der Waals surface area contributed by atoms with Crippen LogP contribution in [0.2, 0.25) is 0 Å². The van der Waals surface area contributed by atoms with Crippen LogP contribution in [0.4, 0.5) is 0 Å². The highest BCUT2D eigenvalue weighted by Crippen LogP contribution is 2.21. The Hall–Kier alpha value is -1.13. The summed E-state index contributed by atoms with van der Waals surface area (Å²) in [6, 6.07) is 2.38. The highest BCUT2D eigenvalue weighted by molar-refractivity contribution is 5.99. The molecule has 4 heteroatoms. The zero-order valence-electron chi connectivity index (χ0n) is 13.6. The van der Waals surface area contributed by atoms with E-state index in [0.29, 0.717) is 12.6 Å². The van der Waals surface area contributed by atoms with Gasteiger partial charge in [-0.3, -0.25) is 9.69 Å². The summed E-state index contributed by atoms with van der Waals surface area (Å²) in [4.78, 5) is 14.9. The predicted molar refractivity (Wildman–Crippen MR) is 84.8 cm³/mol. The molecule has 1 atom stereocenters. The third-order valence-corrected chi connectivity index (χ3v) is 4.75. The first-order chi connectivity index (χ1) is 10.1. The largest absolute Gasteiger partial charge is 0.396 e. The fourth-order valence-corrected chi connectivity index (χ4v) is 3.58. The van der Waals surface area contributed by atoms with Crippen molar-refractivity contribution in [2.24, 2.45) is 0 Å². The molecule has 1 N–H and O–H groups in total. The molecule has 1 aliphatic rings. The van der Waals surface area contributed by atoms with Crippen LogP contribution in [-0.4, -0.2) is 46.1 Å². The first-order valence-corrected chi connectivity index (χ1v) is 8.13. The minimum absolute atomic E-state index is 0.208. The molecule has 0 aromatic carbocycles. The number of Topliss-reactive ketones (excluding diaryl/α,β-unsaturated/α-hetero) is 1. The molecule has 2 rings (SSSR count). The van der Waals surface area contributed by atoms with Crippen molar-refractivity contribution in [3.8, 4) is 0 Å². The van der Waals surface area contributed by atoms with E-state index < -0.39 is 0 Å². The summed E-state index contributed by atoms with van der Waals surface area (Å²) >= 11 is 0. The Labute approximate surface area is 127 Å². The van der Waals surface area contributed by atoms with Crippen molar-refractivity contribution in [2.45, 2.75) is 59.0 Å². The second kappa shape index (κ2) is 7.23. The van der Waals surface area contributed by atoms with Gasteiger partial charge in [0.1, 0.15) is 0 Å². The van der Waals surface area contributed by atoms with E-state index in [1.165, 1.54) is 6.42 Å². The fraction of sp³-hybridized carbons (Fsp3) is 0.706. The molecule has 0 saturated carbocycles. The van der Waals surface area contributed by atoms with E-state index in [-0.39, 0.29) is 12.4 Å². The molecular weight excluding hydrogens is 264 g/mol. The summed E-state index contributed by atoms with van der Waals surface area (Å²) in [5.41, 5.74) is 3.10. The Balaban J connectivity index is 2.09. The van der Waals surface area contributed by atoms with Crippen LogP contribution in [0.1, 0.15) is 54.4 Å². The molecule has 1 aromatic heterocycles. The highest BCUT2D eigenvalue weighted by Gasteiger charge is 2.25. The molecule has 0 amide bonds. The lowest BCUT2D eigenvalue weighted by molar-refractivity contribution is 0.0798. The van der Waals surface area contributed by atoms with Crippen molar-refractivity contribution in [1.29, 1.82) is 0 Å². The van der Waals surface area contributed by atoms with Crippen molar-refractivity contribution in [1.82, 2.24) is 9.47 Å². The fourth-order valence-electron chi connectivity index (χ4n) is 3.58. The van der Waals surface area contributed by atoms with Gasteiger partial charge >= 0.3 is 0 Å². The Morgan fingerprint density at radius 2 is 2.14 bits per heavy atom. The number of hydrogen-bond donors (Lipinski definition) is 1. The van der Waals surface area contributed by atoms with E-state index in [9.17, 15) is 9.90 Å². The van der Waals surface area contributed by atoms with Crippen LogP contribution in [0.15, 0.2) is 6.07 Å². The van der Waals surface area contributed by atoms with Crippen LogP contribution >= 0.6 is 0 Å². The maximum Gasteiger partial charge on any atom is 0.178 e. The van der Waals surface area contributed by atoms with Gasteiger partial charge in [-0.1, -0.05) is 6.42 Å². The van der Waals surface area contributed by atoms with E-state index in [4.69, 9.17) is 0 Å². The summed E-state index contributed by atoms with van der Waals surface area (Å²) in [7, 11) is 0. The SMILES string of the molecule is CCn1c(C)cc(C(=O)CN2CCCCC2CCO)c1C. The summed E-state index contributed by atoms with van der Waals surface area (Å²) in [6.07, 6.45) is 4.24. The lowest BCUT2D eigenvalue weighted by Gasteiger charge is -2.34. The van der Waals surface area contributed by atoms with Gasteiger partial charge in [0, 0.05) is 36.1 Å². The van der Waals surface area contributed by atoms with Crippen LogP contribution in [0, 0.1) is 13.8 Å². The van der Waals surface area contributed by atoms with E-state index >= 15 is 0 Å². The van der Waals surface area contributed by atoms with Crippen molar-refractivity contribution >= 4 is 5.78 Å². The normalized spacial score (nSPS) is 19.9. The molecular formula is C17H28N2O2. The molecule has 1 saturated heterocycles. The molecule has 0 spiro atoms. The number of likely N-dealkylation sites (tertiary alicyclic amines) is 1. The lowest BCUT2D eigenvalue weighted by atomic mass is 9.98. The van der Waals surface area contributed by atoms with Crippen LogP contribution in [0.3, 0.4) is 0 Å². The number of aromatic nitrogens is 1. The van der Waals surface area contributed by atoms with Crippen molar-refractivity contribution in [3.05, 3.63) is 23.0 Å². The maximum absolute atomic E-state index is 12.6. The Bertz CT molecular complexity index is 491. The van der Waals surface area contributed by atoms with Gasteiger partial charge < -0.3 is 9.67 Å². The van der Waals surface area contributed by atoms with Crippen LogP contribution in [0.25, 0.3) is 0 Å². The topological polar surface area (TPSA) is 45.5 Å². The van der Waals surface area contributed by atoms with Crippen molar-refractivity contribution in [3.63, 3.8) is 0 Å². The first kappa shape index (κ1) is 16.2. The molecule has 118 valence electrons.